The van der Waals surface area contributed by atoms with Crippen LogP contribution in [0.3, 0.4) is 0 Å². The maximum atomic E-state index is 11.9. The van der Waals surface area contributed by atoms with Gasteiger partial charge in [0.2, 0.25) is 0 Å². The Balaban J connectivity index is 2.10. The largest absolute Gasteiger partial charge is 0.481 e. The van der Waals surface area contributed by atoms with Crippen molar-refractivity contribution in [1.82, 2.24) is 5.32 Å². The van der Waals surface area contributed by atoms with Crippen LogP contribution in [0.4, 0.5) is 4.79 Å². The van der Waals surface area contributed by atoms with Gasteiger partial charge in [-0.25, -0.2) is 4.79 Å². The van der Waals surface area contributed by atoms with E-state index in [0.29, 0.717) is 6.42 Å². The lowest BCUT2D eigenvalue weighted by Gasteiger charge is -2.23. The standard InChI is InChI=1S/C16H21NO4/c1-15(2,3)21-14(20)17-16(10-13(18)19)9-12(16)11-7-5-4-6-8-11/h4-8,12H,9-10H2,1-3H3,(H,17,20)(H,18,19)/t12-,16+/m0/s1. The number of ether oxygens (including phenoxy) is 1. The molecule has 1 fully saturated rings. The van der Waals surface area contributed by atoms with Gasteiger partial charge in [-0.2, -0.15) is 0 Å². The maximum Gasteiger partial charge on any atom is 0.408 e. The van der Waals surface area contributed by atoms with Crippen LogP contribution in [0.1, 0.15) is 45.1 Å². The van der Waals surface area contributed by atoms with Crippen molar-refractivity contribution < 1.29 is 19.4 Å². The number of aliphatic carboxylic acids is 1. The van der Waals surface area contributed by atoms with E-state index < -0.39 is 23.2 Å². The highest BCUT2D eigenvalue weighted by atomic mass is 16.6. The molecule has 114 valence electrons. The molecular weight excluding hydrogens is 270 g/mol. The number of amides is 1. The molecule has 2 N–H and O–H groups in total. The highest BCUT2D eigenvalue weighted by Gasteiger charge is 2.57. The summed E-state index contributed by atoms with van der Waals surface area (Å²) < 4.78 is 5.24. The van der Waals surface area contributed by atoms with Crippen LogP contribution in [0.25, 0.3) is 0 Å². The molecule has 1 saturated carbocycles. The summed E-state index contributed by atoms with van der Waals surface area (Å²) in [4.78, 5) is 23.1. The highest BCUT2D eigenvalue weighted by Crippen LogP contribution is 2.53. The van der Waals surface area contributed by atoms with E-state index in [1.165, 1.54) is 0 Å². The van der Waals surface area contributed by atoms with E-state index in [0.717, 1.165) is 5.56 Å². The minimum atomic E-state index is -0.926. The smallest absolute Gasteiger partial charge is 0.408 e. The molecule has 2 rings (SSSR count). The van der Waals surface area contributed by atoms with E-state index in [1.807, 2.05) is 30.3 Å². The Morgan fingerprint density at radius 2 is 1.95 bits per heavy atom. The molecular formula is C16H21NO4. The zero-order valence-electron chi connectivity index (χ0n) is 12.6. The van der Waals surface area contributed by atoms with Gasteiger partial charge < -0.3 is 15.2 Å². The molecule has 5 heteroatoms. The zero-order chi connectivity index (χ0) is 15.7. The molecule has 0 radical (unpaired) electrons. The van der Waals surface area contributed by atoms with E-state index in [-0.39, 0.29) is 12.3 Å². The molecule has 0 bridgehead atoms. The monoisotopic (exact) mass is 291 g/mol. The minimum absolute atomic E-state index is 0.0160. The summed E-state index contributed by atoms with van der Waals surface area (Å²) in [6, 6.07) is 9.63. The Labute approximate surface area is 124 Å². The maximum absolute atomic E-state index is 11.9. The van der Waals surface area contributed by atoms with Crippen LogP contribution in [-0.4, -0.2) is 28.3 Å². The second-order valence-corrected chi connectivity index (χ2v) is 6.52. The SMILES string of the molecule is CC(C)(C)OC(=O)N[C@@]1(CC(=O)O)C[C@H]1c1ccccc1. The molecule has 1 amide bonds. The van der Waals surface area contributed by atoms with Crippen LogP contribution in [0.15, 0.2) is 30.3 Å². The normalized spacial score (nSPS) is 24.2. The summed E-state index contributed by atoms with van der Waals surface area (Å²) in [6.07, 6.45) is -0.0591. The molecule has 0 saturated heterocycles. The van der Waals surface area contributed by atoms with E-state index in [1.54, 1.807) is 20.8 Å². The third-order valence-corrected chi connectivity index (χ3v) is 3.49. The van der Waals surface area contributed by atoms with Gasteiger partial charge in [-0.05, 0) is 32.8 Å². The van der Waals surface area contributed by atoms with Crippen molar-refractivity contribution in [3.05, 3.63) is 35.9 Å². The third-order valence-electron chi connectivity index (χ3n) is 3.49. The van der Waals surface area contributed by atoms with Crippen LogP contribution in [0.5, 0.6) is 0 Å². The molecule has 5 nitrogen and oxygen atoms in total. The Bertz CT molecular complexity index is 535. The lowest BCUT2D eigenvalue weighted by molar-refractivity contribution is -0.137. The summed E-state index contributed by atoms with van der Waals surface area (Å²) >= 11 is 0. The predicted molar refractivity (Wildman–Crippen MR) is 78.2 cm³/mol. The van der Waals surface area contributed by atoms with Crippen LogP contribution in [0.2, 0.25) is 0 Å². The zero-order valence-corrected chi connectivity index (χ0v) is 12.6. The van der Waals surface area contributed by atoms with Crippen LogP contribution in [0, 0.1) is 0 Å². The lowest BCUT2D eigenvalue weighted by atomic mass is 10.0. The number of hydrogen-bond acceptors (Lipinski definition) is 3. The van der Waals surface area contributed by atoms with E-state index >= 15 is 0 Å². The number of carboxylic acids is 1. The lowest BCUT2D eigenvalue weighted by Crippen LogP contribution is -2.43. The fourth-order valence-corrected chi connectivity index (χ4v) is 2.58. The number of carbonyl (C=O) groups excluding carboxylic acids is 1. The summed E-state index contributed by atoms with van der Waals surface area (Å²) in [5.41, 5.74) is -0.309. The fraction of sp³-hybridized carbons (Fsp3) is 0.500. The van der Waals surface area contributed by atoms with Gasteiger partial charge in [0.1, 0.15) is 5.60 Å². The van der Waals surface area contributed by atoms with Gasteiger partial charge in [0.25, 0.3) is 0 Å². The van der Waals surface area contributed by atoms with Crippen LogP contribution in [-0.2, 0) is 9.53 Å². The summed E-state index contributed by atoms with van der Waals surface area (Å²) in [7, 11) is 0. The average Bonchev–Trinajstić information content (AvgIpc) is 3.00. The molecule has 0 spiro atoms. The van der Waals surface area contributed by atoms with Crippen molar-refractivity contribution in [2.24, 2.45) is 0 Å². The van der Waals surface area contributed by atoms with Gasteiger partial charge in [-0.3, -0.25) is 4.79 Å². The van der Waals surface area contributed by atoms with E-state index in [9.17, 15) is 9.59 Å². The molecule has 0 aliphatic heterocycles. The number of hydrogen-bond donors (Lipinski definition) is 2. The Morgan fingerprint density at radius 3 is 2.48 bits per heavy atom. The Hall–Kier alpha value is -2.04. The second-order valence-electron chi connectivity index (χ2n) is 6.52. The summed E-state index contributed by atoms with van der Waals surface area (Å²) in [6.45, 7) is 5.33. The van der Waals surface area contributed by atoms with Gasteiger partial charge in [0.15, 0.2) is 0 Å². The quantitative estimate of drug-likeness (QED) is 0.894. The number of carbonyl (C=O) groups is 2. The third kappa shape index (κ3) is 3.97. The van der Waals surface area contributed by atoms with Crippen LogP contribution < -0.4 is 5.32 Å². The molecule has 0 aromatic heterocycles. The van der Waals surface area contributed by atoms with Crippen molar-refractivity contribution in [1.29, 1.82) is 0 Å². The Morgan fingerprint density at radius 1 is 1.33 bits per heavy atom. The van der Waals surface area contributed by atoms with Crippen molar-refractivity contribution in [2.75, 3.05) is 0 Å². The average molecular weight is 291 g/mol. The molecule has 0 unspecified atom stereocenters. The van der Waals surface area contributed by atoms with Crippen molar-refractivity contribution in [2.45, 2.75) is 50.7 Å². The minimum Gasteiger partial charge on any atom is -0.481 e. The van der Waals surface area contributed by atoms with Crippen molar-refractivity contribution >= 4 is 12.1 Å². The predicted octanol–water partition coefficient (Wildman–Crippen LogP) is 2.91. The first-order valence-corrected chi connectivity index (χ1v) is 7.00. The van der Waals surface area contributed by atoms with Gasteiger partial charge in [-0.15, -0.1) is 0 Å². The van der Waals surface area contributed by atoms with Crippen molar-refractivity contribution in [3.63, 3.8) is 0 Å². The van der Waals surface area contributed by atoms with Crippen LogP contribution >= 0.6 is 0 Å². The second kappa shape index (κ2) is 5.39. The fourth-order valence-electron chi connectivity index (χ4n) is 2.58. The number of nitrogens with one attached hydrogen (secondary N) is 1. The first-order chi connectivity index (χ1) is 9.72. The number of benzene rings is 1. The molecule has 1 aromatic rings. The molecule has 1 aliphatic carbocycles. The molecule has 2 atom stereocenters. The number of carboxylic acid groups (broad SMARTS) is 1. The van der Waals surface area contributed by atoms with Gasteiger partial charge in [0, 0.05) is 5.92 Å². The molecule has 0 heterocycles. The van der Waals surface area contributed by atoms with Gasteiger partial charge in [-0.1, -0.05) is 30.3 Å². The van der Waals surface area contributed by atoms with E-state index in [2.05, 4.69) is 5.32 Å². The first kappa shape index (κ1) is 15.4. The van der Waals surface area contributed by atoms with E-state index in [4.69, 9.17) is 9.84 Å². The van der Waals surface area contributed by atoms with Gasteiger partial charge in [0.05, 0.1) is 12.0 Å². The molecule has 1 aromatic carbocycles. The van der Waals surface area contributed by atoms with Gasteiger partial charge >= 0.3 is 12.1 Å². The highest BCUT2D eigenvalue weighted by molar-refractivity contribution is 5.75. The Kier molecular flexibility index (Phi) is 3.94. The summed E-state index contributed by atoms with van der Waals surface area (Å²) in [5.74, 6) is -0.910. The summed E-state index contributed by atoms with van der Waals surface area (Å²) in [5, 5.41) is 11.9. The molecule has 21 heavy (non-hydrogen) atoms. The number of alkyl carbamates (subject to hydrolysis) is 1. The number of rotatable bonds is 4. The van der Waals surface area contributed by atoms with Crippen molar-refractivity contribution in [3.8, 4) is 0 Å². The topological polar surface area (TPSA) is 75.6 Å². The first-order valence-electron chi connectivity index (χ1n) is 7.00. The molecule has 1 aliphatic rings.